The lowest BCUT2D eigenvalue weighted by Crippen LogP contribution is -2.56. The van der Waals surface area contributed by atoms with Gasteiger partial charge in [0, 0.05) is 24.9 Å². The number of nitrogens with zero attached hydrogens (tertiary/aromatic N) is 1. The molecule has 0 aromatic heterocycles. The van der Waals surface area contributed by atoms with E-state index in [4.69, 9.17) is 0 Å². The zero-order chi connectivity index (χ0) is 23.6. The summed E-state index contributed by atoms with van der Waals surface area (Å²) in [5.74, 6) is -1.29. The molecule has 1 aromatic carbocycles. The third kappa shape index (κ3) is 4.16. The Morgan fingerprint density at radius 3 is 2.64 bits per heavy atom. The Hall–Kier alpha value is -2.06. The Kier molecular flexibility index (Phi) is 7.34. The number of aliphatic hydroxyl groups is 1. The number of thioether (sulfide) groups is 1. The third-order valence-electron chi connectivity index (χ3n) is 7.53. The number of amides is 3. The highest BCUT2D eigenvalue weighted by molar-refractivity contribution is 8.02. The van der Waals surface area contributed by atoms with Crippen LogP contribution in [0.15, 0.2) is 30.3 Å². The Labute approximate surface area is 200 Å². The van der Waals surface area contributed by atoms with Gasteiger partial charge in [-0.3, -0.25) is 14.4 Å². The largest absolute Gasteiger partial charge is 0.395 e. The maximum atomic E-state index is 13.6. The highest BCUT2D eigenvalue weighted by Gasteiger charge is 2.75. The molecule has 3 N–H and O–H groups in total. The van der Waals surface area contributed by atoms with Crippen molar-refractivity contribution in [3.8, 4) is 0 Å². The minimum atomic E-state index is -0.652. The zero-order valence-electron chi connectivity index (χ0n) is 19.5. The molecular weight excluding hydrogens is 438 g/mol. The second-order valence-electron chi connectivity index (χ2n) is 9.51. The highest BCUT2D eigenvalue weighted by atomic mass is 32.2. The fourth-order valence-corrected chi connectivity index (χ4v) is 8.48. The van der Waals surface area contributed by atoms with Crippen LogP contribution in [0.2, 0.25) is 0 Å². The Bertz CT molecular complexity index is 882. The first-order valence-corrected chi connectivity index (χ1v) is 13.0. The average molecular weight is 474 g/mol. The molecule has 3 heterocycles. The summed E-state index contributed by atoms with van der Waals surface area (Å²) in [6, 6.07) is 9.07. The smallest absolute Gasteiger partial charge is 0.244 e. The van der Waals surface area contributed by atoms with E-state index in [0.29, 0.717) is 13.1 Å². The summed E-state index contributed by atoms with van der Waals surface area (Å²) in [7, 11) is 0. The second-order valence-corrected chi connectivity index (χ2v) is 11.1. The standard InChI is InChI=1S/C25H35N3O4S/c1-3-4-8-11-26-23(31)21-25-16(2)14-18(33-25)19(20(25)24(32)28(21)12-13-29)22(30)27-15-17-9-6-5-7-10-17/h5-7,9-10,16,18-21,29H,3-4,8,11-15H2,1-2H3,(H,26,31)(H,27,30)/t16?,18-,19+,20+,21?,25?/m1/s1. The van der Waals surface area contributed by atoms with E-state index in [1.165, 1.54) is 0 Å². The molecule has 180 valence electrons. The Morgan fingerprint density at radius 2 is 1.94 bits per heavy atom. The number of unbranched alkanes of at least 4 members (excludes halogenated alkanes) is 2. The van der Waals surface area contributed by atoms with Gasteiger partial charge in [0.2, 0.25) is 17.7 Å². The molecule has 3 saturated heterocycles. The summed E-state index contributed by atoms with van der Waals surface area (Å²) >= 11 is 1.66. The van der Waals surface area contributed by atoms with Crippen LogP contribution in [0.4, 0.5) is 0 Å². The van der Waals surface area contributed by atoms with Crippen LogP contribution in [0.3, 0.4) is 0 Å². The Balaban J connectivity index is 1.57. The van der Waals surface area contributed by atoms with Crippen LogP contribution in [-0.2, 0) is 20.9 Å². The van der Waals surface area contributed by atoms with Gasteiger partial charge in [0.1, 0.15) is 6.04 Å². The van der Waals surface area contributed by atoms with Gasteiger partial charge >= 0.3 is 0 Å². The highest BCUT2D eigenvalue weighted by Crippen LogP contribution is 2.68. The molecule has 2 bridgehead atoms. The first-order valence-electron chi connectivity index (χ1n) is 12.1. The number of likely N-dealkylation sites (tertiary alicyclic amines) is 1. The molecule has 0 radical (unpaired) electrons. The van der Waals surface area contributed by atoms with E-state index >= 15 is 0 Å². The molecule has 4 rings (SSSR count). The topological polar surface area (TPSA) is 98.7 Å². The van der Waals surface area contributed by atoms with Crippen LogP contribution < -0.4 is 10.6 Å². The normalized spacial score (nSPS) is 32.2. The predicted octanol–water partition coefficient (Wildman–Crippen LogP) is 1.94. The van der Waals surface area contributed by atoms with Crippen LogP contribution in [0, 0.1) is 17.8 Å². The molecule has 0 aliphatic carbocycles. The fourth-order valence-electron chi connectivity index (χ4n) is 6.05. The fraction of sp³-hybridized carbons (Fsp3) is 0.640. The number of carbonyl (C=O) groups is 3. The Morgan fingerprint density at radius 1 is 1.18 bits per heavy atom. The van der Waals surface area contributed by atoms with E-state index in [9.17, 15) is 19.5 Å². The monoisotopic (exact) mass is 473 g/mol. The summed E-state index contributed by atoms with van der Waals surface area (Å²) in [4.78, 5) is 41.9. The molecule has 3 fully saturated rings. The van der Waals surface area contributed by atoms with E-state index in [0.717, 1.165) is 31.2 Å². The second kappa shape index (κ2) is 10.1. The molecular formula is C25H35N3O4S. The lowest BCUT2D eigenvalue weighted by molar-refractivity contribution is -0.140. The summed E-state index contributed by atoms with van der Waals surface area (Å²) in [6.45, 7) is 5.11. The van der Waals surface area contributed by atoms with Crippen molar-refractivity contribution >= 4 is 29.5 Å². The minimum absolute atomic E-state index is 0.0244. The van der Waals surface area contributed by atoms with E-state index in [1.54, 1.807) is 16.7 Å². The number of rotatable bonds is 10. The van der Waals surface area contributed by atoms with Gasteiger partial charge in [-0.1, -0.05) is 57.0 Å². The summed E-state index contributed by atoms with van der Waals surface area (Å²) < 4.78 is -0.624. The number of aliphatic hydroxyl groups excluding tert-OH is 1. The molecule has 3 aliphatic heterocycles. The van der Waals surface area contributed by atoms with Crippen molar-refractivity contribution in [2.75, 3.05) is 19.7 Å². The van der Waals surface area contributed by atoms with Gasteiger partial charge in [-0.15, -0.1) is 11.8 Å². The van der Waals surface area contributed by atoms with Crippen molar-refractivity contribution in [2.24, 2.45) is 17.8 Å². The average Bonchev–Trinajstić information content (AvgIpc) is 3.40. The zero-order valence-corrected chi connectivity index (χ0v) is 20.3. The number of benzene rings is 1. The SMILES string of the molecule is CCCCCNC(=O)C1N(CCO)C(=O)[C@@H]2[C@@H](C(=O)NCc3ccccc3)[C@H]3CC(C)C12S3. The molecule has 8 heteroatoms. The number of carbonyl (C=O) groups excluding carboxylic acids is 3. The van der Waals surface area contributed by atoms with Crippen molar-refractivity contribution in [1.82, 2.24) is 15.5 Å². The number of hydrogen-bond acceptors (Lipinski definition) is 5. The molecule has 6 atom stereocenters. The predicted molar refractivity (Wildman–Crippen MR) is 128 cm³/mol. The maximum Gasteiger partial charge on any atom is 0.244 e. The van der Waals surface area contributed by atoms with Crippen LogP contribution in [0.25, 0.3) is 0 Å². The van der Waals surface area contributed by atoms with Crippen LogP contribution in [-0.4, -0.2) is 63.5 Å². The molecule has 1 spiro atoms. The first-order chi connectivity index (χ1) is 16.0. The summed E-state index contributed by atoms with van der Waals surface area (Å²) in [6.07, 6.45) is 3.81. The molecule has 3 aliphatic rings. The van der Waals surface area contributed by atoms with Gasteiger partial charge in [-0.25, -0.2) is 0 Å². The number of hydrogen-bond donors (Lipinski definition) is 3. The molecule has 1 aromatic rings. The number of fused-ring (bicyclic) bond motifs is 1. The quantitative estimate of drug-likeness (QED) is 0.451. The summed E-state index contributed by atoms with van der Waals surface area (Å²) in [5.41, 5.74) is 1.01. The molecule has 33 heavy (non-hydrogen) atoms. The van der Waals surface area contributed by atoms with Gasteiger partial charge in [0.15, 0.2) is 0 Å². The molecule has 3 amide bonds. The number of nitrogens with one attached hydrogen (secondary N) is 2. The van der Waals surface area contributed by atoms with Gasteiger partial charge < -0.3 is 20.6 Å². The van der Waals surface area contributed by atoms with Crippen LogP contribution in [0.1, 0.15) is 45.1 Å². The van der Waals surface area contributed by atoms with E-state index in [2.05, 4.69) is 24.5 Å². The van der Waals surface area contributed by atoms with E-state index < -0.39 is 22.6 Å². The maximum absolute atomic E-state index is 13.6. The van der Waals surface area contributed by atoms with E-state index in [-0.39, 0.29) is 42.0 Å². The van der Waals surface area contributed by atoms with Crippen molar-refractivity contribution in [2.45, 2.75) is 62.1 Å². The van der Waals surface area contributed by atoms with Crippen molar-refractivity contribution in [3.05, 3.63) is 35.9 Å². The lowest BCUT2D eigenvalue weighted by atomic mass is 9.66. The van der Waals surface area contributed by atoms with Gasteiger partial charge in [-0.2, -0.15) is 0 Å². The molecule has 3 unspecified atom stereocenters. The van der Waals surface area contributed by atoms with Gasteiger partial charge in [0.25, 0.3) is 0 Å². The minimum Gasteiger partial charge on any atom is -0.395 e. The van der Waals surface area contributed by atoms with Gasteiger partial charge in [-0.05, 0) is 24.3 Å². The third-order valence-corrected chi connectivity index (χ3v) is 9.60. The molecule has 0 saturated carbocycles. The number of β-amino-alcohol motifs (C(OH)–C–C–N with tert-alkyl or cyclic N) is 1. The van der Waals surface area contributed by atoms with Crippen LogP contribution in [0.5, 0.6) is 0 Å². The lowest BCUT2D eigenvalue weighted by Gasteiger charge is -2.38. The van der Waals surface area contributed by atoms with Gasteiger partial charge in [0.05, 0.1) is 23.2 Å². The van der Waals surface area contributed by atoms with Crippen molar-refractivity contribution in [1.29, 1.82) is 0 Å². The van der Waals surface area contributed by atoms with Crippen molar-refractivity contribution in [3.63, 3.8) is 0 Å². The van der Waals surface area contributed by atoms with Crippen LogP contribution >= 0.6 is 11.8 Å². The van der Waals surface area contributed by atoms with Crippen molar-refractivity contribution < 1.29 is 19.5 Å². The first kappa shape index (κ1) is 24.1. The molecule has 7 nitrogen and oxygen atoms in total. The van der Waals surface area contributed by atoms with E-state index in [1.807, 2.05) is 30.3 Å². The summed E-state index contributed by atoms with van der Waals surface area (Å²) in [5, 5.41) is 15.8.